The molecule has 1 fully saturated rings. The molecule has 2 N–H and O–H groups in total. The Morgan fingerprint density at radius 3 is 2.87 bits per heavy atom. The molecule has 4 heterocycles. The predicted molar refractivity (Wildman–Crippen MR) is 90.8 cm³/mol. The zero-order valence-corrected chi connectivity index (χ0v) is 14.4. The molecule has 2 aliphatic rings. The Hall–Kier alpha value is -1.48. The second-order valence-electron chi connectivity index (χ2n) is 5.99. The van der Waals surface area contributed by atoms with Crippen LogP contribution in [0.25, 0.3) is 11.3 Å². The van der Waals surface area contributed by atoms with Gasteiger partial charge in [0.05, 0.1) is 21.0 Å². The average molecular weight is 427 g/mol. The van der Waals surface area contributed by atoms with Crippen molar-refractivity contribution in [3.63, 3.8) is 0 Å². The van der Waals surface area contributed by atoms with Crippen LogP contribution < -0.4 is 5.32 Å². The van der Waals surface area contributed by atoms with Gasteiger partial charge in [0.2, 0.25) is 0 Å². The lowest BCUT2D eigenvalue weighted by atomic mass is 9.74. The van der Waals surface area contributed by atoms with E-state index in [0.717, 1.165) is 22.1 Å². The van der Waals surface area contributed by atoms with Gasteiger partial charge in [-0.2, -0.15) is 0 Å². The van der Waals surface area contributed by atoms with E-state index in [4.69, 9.17) is 4.74 Å². The van der Waals surface area contributed by atoms with Crippen molar-refractivity contribution in [3.05, 3.63) is 39.1 Å². The molecule has 7 heteroatoms. The number of ether oxygens (including phenoxy) is 1. The molecule has 23 heavy (non-hydrogen) atoms. The number of aromatic amines is 1. The average Bonchev–Trinajstić information content (AvgIpc) is 2.92. The number of hydrogen-bond donors (Lipinski definition) is 2. The SMILES string of the molecule is O=C1NCC2(CCOCC2)c2[nH]c(-c3ccncc3F)c(I)c21. The van der Waals surface area contributed by atoms with E-state index in [0.29, 0.717) is 36.6 Å². The first-order valence-corrected chi connectivity index (χ1v) is 8.58. The van der Waals surface area contributed by atoms with E-state index in [1.807, 2.05) is 0 Å². The predicted octanol–water partition coefficient (Wildman–Crippen LogP) is 2.61. The Balaban J connectivity index is 1.91. The Kier molecular flexibility index (Phi) is 3.64. The second-order valence-corrected chi connectivity index (χ2v) is 7.07. The summed E-state index contributed by atoms with van der Waals surface area (Å²) in [5.74, 6) is -0.496. The number of hydrogen-bond acceptors (Lipinski definition) is 3. The number of halogens is 2. The summed E-state index contributed by atoms with van der Waals surface area (Å²) in [5, 5.41) is 2.99. The Morgan fingerprint density at radius 2 is 2.13 bits per heavy atom. The molecule has 0 saturated carbocycles. The van der Waals surface area contributed by atoms with Crippen molar-refractivity contribution in [2.24, 2.45) is 0 Å². The summed E-state index contributed by atoms with van der Waals surface area (Å²) in [6.45, 7) is 1.94. The number of carbonyl (C=O) groups is 1. The fourth-order valence-corrected chi connectivity index (χ4v) is 4.41. The second kappa shape index (κ2) is 5.55. The molecule has 0 aromatic carbocycles. The molecule has 120 valence electrons. The normalized spacial score (nSPS) is 19.5. The minimum Gasteiger partial charge on any atom is -0.381 e. The van der Waals surface area contributed by atoms with Crippen LogP contribution in [0.4, 0.5) is 4.39 Å². The van der Waals surface area contributed by atoms with Gasteiger partial charge in [0.1, 0.15) is 0 Å². The van der Waals surface area contributed by atoms with Crippen molar-refractivity contribution in [2.45, 2.75) is 18.3 Å². The van der Waals surface area contributed by atoms with Crippen LogP contribution in [0.2, 0.25) is 0 Å². The van der Waals surface area contributed by atoms with Gasteiger partial charge in [0.15, 0.2) is 5.82 Å². The highest BCUT2D eigenvalue weighted by atomic mass is 127. The molecule has 1 amide bonds. The van der Waals surface area contributed by atoms with Gasteiger partial charge in [-0.1, -0.05) is 0 Å². The molecule has 5 nitrogen and oxygen atoms in total. The zero-order valence-electron chi connectivity index (χ0n) is 12.3. The number of nitrogens with one attached hydrogen (secondary N) is 2. The summed E-state index contributed by atoms with van der Waals surface area (Å²) in [6, 6.07) is 1.63. The lowest BCUT2D eigenvalue weighted by molar-refractivity contribution is 0.0442. The standard InChI is InChI=1S/C16H15FIN3O2/c17-10-7-19-4-1-9(10)13-12(18)11-14(21-13)16(8-20-15(11)22)2-5-23-6-3-16/h1,4,7,21H,2-3,5-6,8H2,(H,20,22). The molecular weight excluding hydrogens is 412 g/mol. The Labute approximate surface area is 146 Å². The van der Waals surface area contributed by atoms with E-state index in [1.54, 1.807) is 12.3 Å². The minimum atomic E-state index is -0.398. The number of nitrogens with zero attached hydrogens (tertiary/aromatic N) is 1. The fourth-order valence-electron chi connectivity index (χ4n) is 3.47. The van der Waals surface area contributed by atoms with E-state index in [9.17, 15) is 9.18 Å². The van der Waals surface area contributed by atoms with E-state index in [1.165, 1.54) is 6.20 Å². The Bertz CT molecular complexity index is 784. The third kappa shape index (κ3) is 2.28. The fraction of sp³-hybridized carbons (Fsp3) is 0.375. The smallest absolute Gasteiger partial charge is 0.254 e. The van der Waals surface area contributed by atoms with Crippen molar-refractivity contribution >= 4 is 28.5 Å². The first-order chi connectivity index (χ1) is 11.1. The maximum absolute atomic E-state index is 14.1. The highest BCUT2D eigenvalue weighted by Gasteiger charge is 2.44. The maximum atomic E-state index is 14.1. The van der Waals surface area contributed by atoms with Crippen LogP contribution >= 0.6 is 22.6 Å². The molecule has 0 unspecified atom stereocenters. The van der Waals surface area contributed by atoms with E-state index in [2.05, 4.69) is 37.9 Å². The third-order valence-electron chi connectivity index (χ3n) is 4.78. The molecule has 0 bridgehead atoms. The van der Waals surface area contributed by atoms with Crippen molar-refractivity contribution < 1.29 is 13.9 Å². The summed E-state index contributed by atoms with van der Waals surface area (Å²) in [6.07, 6.45) is 4.43. The molecule has 2 aromatic rings. The number of rotatable bonds is 1. The van der Waals surface area contributed by atoms with Crippen LogP contribution in [-0.2, 0) is 10.2 Å². The minimum absolute atomic E-state index is 0.0986. The highest BCUT2D eigenvalue weighted by Crippen LogP contribution is 2.42. The highest BCUT2D eigenvalue weighted by molar-refractivity contribution is 14.1. The molecule has 4 rings (SSSR count). The topological polar surface area (TPSA) is 67.0 Å². The lowest BCUT2D eigenvalue weighted by Gasteiger charge is -2.40. The number of aromatic nitrogens is 2. The molecule has 0 aliphatic carbocycles. The van der Waals surface area contributed by atoms with Crippen LogP contribution in [0.1, 0.15) is 28.9 Å². The summed E-state index contributed by atoms with van der Waals surface area (Å²) < 4.78 is 20.4. The van der Waals surface area contributed by atoms with Crippen molar-refractivity contribution in [1.29, 1.82) is 0 Å². The van der Waals surface area contributed by atoms with E-state index in [-0.39, 0.29) is 11.3 Å². The van der Waals surface area contributed by atoms with Gasteiger partial charge in [0, 0.05) is 42.6 Å². The van der Waals surface area contributed by atoms with Gasteiger partial charge < -0.3 is 15.0 Å². The molecule has 2 aliphatic heterocycles. The molecule has 1 saturated heterocycles. The quantitative estimate of drug-likeness (QED) is 0.688. The van der Waals surface area contributed by atoms with Gasteiger partial charge in [-0.25, -0.2) is 4.39 Å². The van der Waals surface area contributed by atoms with E-state index >= 15 is 0 Å². The molecular formula is C16H15FIN3O2. The maximum Gasteiger partial charge on any atom is 0.254 e. The van der Waals surface area contributed by atoms with Gasteiger partial charge in [0.25, 0.3) is 5.91 Å². The molecule has 0 atom stereocenters. The third-order valence-corrected chi connectivity index (χ3v) is 5.85. The summed E-state index contributed by atoms with van der Waals surface area (Å²) >= 11 is 2.12. The van der Waals surface area contributed by atoms with Crippen LogP contribution in [0.3, 0.4) is 0 Å². The summed E-state index contributed by atoms with van der Waals surface area (Å²) in [5.41, 5.74) is 2.50. The summed E-state index contributed by atoms with van der Waals surface area (Å²) in [4.78, 5) is 19.5. The van der Waals surface area contributed by atoms with Crippen LogP contribution in [0.15, 0.2) is 18.5 Å². The van der Waals surface area contributed by atoms with E-state index < -0.39 is 5.82 Å². The van der Waals surface area contributed by atoms with Crippen molar-refractivity contribution in [2.75, 3.05) is 19.8 Å². The Morgan fingerprint density at radius 1 is 1.35 bits per heavy atom. The number of carbonyl (C=O) groups excluding carboxylic acids is 1. The van der Waals surface area contributed by atoms with Crippen molar-refractivity contribution in [3.8, 4) is 11.3 Å². The summed E-state index contributed by atoms with van der Waals surface area (Å²) in [7, 11) is 0. The molecule has 2 aromatic heterocycles. The number of pyridine rings is 1. The van der Waals surface area contributed by atoms with Gasteiger partial charge in [-0.05, 0) is 41.5 Å². The van der Waals surface area contributed by atoms with Gasteiger partial charge >= 0.3 is 0 Å². The van der Waals surface area contributed by atoms with Crippen LogP contribution in [0, 0.1) is 9.39 Å². The number of H-pyrrole nitrogens is 1. The van der Waals surface area contributed by atoms with Gasteiger partial charge in [-0.15, -0.1) is 0 Å². The largest absolute Gasteiger partial charge is 0.381 e. The molecule has 0 radical (unpaired) electrons. The molecule has 1 spiro atoms. The lowest BCUT2D eigenvalue weighted by Crippen LogP contribution is -2.49. The zero-order chi connectivity index (χ0) is 16.0. The van der Waals surface area contributed by atoms with Crippen molar-refractivity contribution in [1.82, 2.24) is 15.3 Å². The van der Waals surface area contributed by atoms with Gasteiger partial charge in [-0.3, -0.25) is 9.78 Å². The first kappa shape index (κ1) is 15.1. The van der Waals surface area contributed by atoms with Crippen LogP contribution in [0.5, 0.6) is 0 Å². The monoisotopic (exact) mass is 427 g/mol. The van der Waals surface area contributed by atoms with Crippen LogP contribution in [-0.4, -0.2) is 35.6 Å². The number of amides is 1. The first-order valence-electron chi connectivity index (χ1n) is 7.50. The number of fused-ring (bicyclic) bond motifs is 2.